The predicted molar refractivity (Wildman–Crippen MR) is 88.8 cm³/mol. The molecule has 0 radical (unpaired) electrons. The molecular formula is C13H10BrFINO2S. The van der Waals surface area contributed by atoms with Gasteiger partial charge in [0.15, 0.2) is 0 Å². The van der Waals surface area contributed by atoms with Crippen molar-refractivity contribution >= 4 is 54.2 Å². The van der Waals surface area contributed by atoms with E-state index in [-0.39, 0.29) is 4.90 Å². The summed E-state index contributed by atoms with van der Waals surface area (Å²) in [6.45, 7) is 1.72. The van der Waals surface area contributed by atoms with Gasteiger partial charge in [-0.25, -0.2) is 12.8 Å². The van der Waals surface area contributed by atoms with E-state index in [2.05, 4.69) is 20.7 Å². The van der Waals surface area contributed by atoms with Gasteiger partial charge in [0.05, 0.1) is 10.6 Å². The fraction of sp³-hybridized carbons (Fsp3) is 0.0769. The third-order valence-corrected chi connectivity index (χ3v) is 5.51. The summed E-state index contributed by atoms with van der Waals surface area (Å²) in [5.41, 5.74) is 0.990. The van der Waals surface area contributed by atoms with Gasteiger partial charge in [0.1, 0.15) is 5.82 Å². The van der Waals surface area contributed by atoms with Crippen molar-refractivity contribution in [2.24, 2.45) is 0 Å². The van der Waals surface area contributed by atoms with Crippen LogP contribution in [0.3, 0.4) is 0 Å². The van der Waals surface area contributed by atoms with Crippen LogP contribution in [0.1, 0.15) is 5.56 Å². The van der Waals surface area contributed by atoms with Crippen LogP contribution in [0.2, 0.25) is 0 Å². The maximum Gasteiger partial charge on any atom is 0.262 e. The van der Waals surface area contributed by atoms with Crippen molar-refractivity contribution < 1.29 is 12.8 Å². The molecule has 106 valence electrons. The first kappa shape index (κ1) is 15.7. The van der Waals surface area contributed by atoms with Crippen molar-refractivity contribution in [3.8, 4) is 0 Å². The molecule has 0 atom stereocenters. The van der Waals surface area contributed by atoms with E-state index in [1.54, 1.807) is 19.1 Å². The Labute approximate surface area is 138 Å². The number of rotatable bonds is 3. The van der Waals surface area contributed by atoms with Gasteiger partial charge in [-0.2, -0.15) is 0 Å². The van der Waals surface area contributed by atoms with Crippen LogP contribution >= 0.6 is 38.5 Å². The van der Waals surface area contributed by atoms with Crippen molar-refractivity contribution in [3.63, 3.8) is 0 Å². The van der Waals surface area contributed by atoms with Gasteiger partial charge in [0.2, 0.25) is 0 Å². The Hall–Kier alpha value is -0.670. The summed E-state index contributed by atoms with van der Waals surface area (Å²) in [7, 11) is -3.71. The second-order valence-electron chi connectivity index (χ2n) is 4.14. The van der Waals surface area contributed by atoms with Crippen LogP contribution in [0.25, 0.3) is 0 Å². The van der Waals surface area contributed by atoms with Crippen molar-refractivity contribution in [2.45, 2.75) is 11.8 Å². The Morgan fingerprint density at radius 2 is 1.90 bits per heavy atom. The van der Waals surface area contributed by atoms with E-state index < -0.39 is 15.8 Å². The fourth-order valence-electron chi connectivity index (χ4n) is 1.64. The monoisotopic (exact) mass is 469 g/mol. The lowest BCUT2D eigenvalue weighted by Gasteiger charge is -2.12. The third kappa shape index (κ3) is 3.50. The highest BCUT2D eigenvalue weighted by molar-refractivity contribution is 14.1. The van der Waals surface area contributed by atoms with E-state index >= 15 is 0 Å². The number of anilines is 1. The van der Waals surface area contributed by atoms with Crippen molar-refractivity contribution in [2.75, 3.05) is 4.72 Å². The number of sulfonamides is 1. The van der Waals surface area contributed by atoms with E-state index in [0.717, 1.165) is 0 Å². The average Bonchev–Trinajstić information content (AvgIpc) is 2.35. The molecule has 20 heavy (non-hydrogen) atoms. The summed E-state index contributed by atoms with van der Waals surface area (Å²) >= 11 is 5.14. The molecule has 7 heteroatoms. The first-order chi connectivity index (χ1) is 9.29. The number of benzene rings is 2. The van der Waals surface area contributed by atoms with Crippen LogP contribution in [0, 0.1) is 16.3 Å². The Morgan fingerprint density at radius 1 is 1.20 bits per heavy atom. The Bertz CT molecular complexity index is 765. The van der Waals surface area contributed by atoms with E-state index in [9.17, 15) is 12.8 Å². The standard InChI is InChI=1S/C13H10BrFINO2S/c1-8-2-3-9(14)6-13(8)20(18,19)17-12-5-4-10(15)7-11(12)16/h2-7,17H,1H3. The molecule has 0 aromatic heterocycles. The molecule has 2 aromatic rings. The summed E-state index contributed by atoms with van der Waals surface area (Å²) in [5.74, 6) is -0.406. The smallest absolute Gasteiger partial charge is 0.262 e. The van der Waals surface area contributed by atoms with Crippen LogP contribution in [0.15, 0.2) is 45.8 Å². The highest BCUT2D eigenvalue weighted by Gasteiger charge is 2.18. The zero-order valence-electron chi connectivity index (χ0n) is 10.3. The quantitative estimate of drug-likeness (QED) is 0.681. The average molecular weight is 470 g/mol. The lowest BCUT2D eigenvalue weighted by Crippen LogP contribution is -2.15. The van der Waals surface area contributed by atoms with E-state index in [4.69, 9.17) is 0 Å². The first-order valence-electron chi connectivity index (χ1n) is 5.53. The Kier molecular flexibility index (Phi) is 4.70. The minimum atomic E-state index is -3.71. The van der Waals surface area contributed by atoms with Gasteiger partial charge in [-0.05, 0) is 65.4 Å². The summed E-state index contributed by atoms with van der Waals surface area (Å²) < 4.78 is 41.4. The normalized spacial score (nSPS) is 11.4. The fourth-order valence-corrected chi connectivity index (χ4v) is 4.29. The van der Waals surface area contributed by atoms with Crippen LogP contribution in [0.4, 0.5) is 10.1 Å². The molecule has 2 aromatic carbocycles. The van der Waals surface area contributed by atoms with E-state index in [1.807, 2.05) is 22.6 Å². The maximum atomic E-state index is 13.0. The molecule has 0 amide bonds. The van der Waals surface area contributed by atoms with Gasteiger partial charge in [0.25, 0.3) is 10.0 Å². The van der Waals surface area contributed by atoms with Gasteiger partial charge in [-0.3, -0.25) is 4.72 Å². The molecular weight excluding hydrogens is 460 g/mol. The molecule has 1 N–H and O–H groups in total. The highest BCUT2D eigenvalue weighted by atomic mass is 127. The van der Waals surface area contributed by atoms with Crippen molar-refractivity contribution in [3.05, 3.63) is 55.8 Å². The van der Waals surface area contributed by atoms with Crippen LogP contribution in [0.5, 0.6) is 0 Å². The van der Waals surface area contributed by atoms with E-state index in [0.29, 0.717) is 19.3 Å². The maximum absolute atomic E-state index is 13.0. The molecule has 0 aliphatic rings. The van der Waals surface area contributed by atoms with Gasteiger partial charge in [-0.15, -0.1) is 0 Å². The summed E-state index contributed by atoms with van der Waals surface area (Å²) in [5, 5.41) is 0. The molecule has 3 nitrogen and oxygen atoms in total. The topological polar surface area (TPSA) is 46.2 Å². The second-order valence-corrected chi connectivity index (χ2v) is 7.87. The summed E-state index contributed by atoms with van der Waals surface area (Å²) in [4.78, 5) is 0.187. The summed E-state index contributed by atoms with van der Waals surface area (Å²) in [6.07, 6.45) is 0. The number of halogens is 3. The van der Waals surface area contributed by atoms with Crippen molar-refractivity contribution in [1.29, 1.82) is 0 Å². The molecule has 0 unspecified atom stereocenters. The lowest BCUT2D eigenvalue weighted by molar-refractivity contribution is 0.600. The second kappa shape index (κ2) is 5.98. The highest BCUT2D eigenvalue weighted by Crippen LogP contribution is 2.25. The molecule has 0 saturated heterocycles. The van der Waals surface area contributed by atoms with E-state index in [1.165, 1.54) is 24.3 Å². The minimum absolute atomic E-state index is 0.187. The third-order valence-electron chi connectivity index (χ3n) is 2.62. The minimum Gasteiger partial charge on any atom is -0.279 e. The molecule has 0 spiro atoms. The SMILES string of the molecule is Cc1ccc(Br)cc1S(=O)(=O)Nc1ccc(F)cc1I. The Morgan fingerprint density at radius 3 is 2.55 bits per heavy atom. The molecule has 0 aliphatic heterocycles. The van der Waals surface area contributed by atoms with Crippen LogP contribution in [-0.2, 0) is 10.0 Å². The van der Waals surface area contributed by atoms with Crippen LogP contribution in [-0.4, -0.2) is 8.42 Å². The van der Waals surface area contributed by atoms with Crippen molar-refractivity contribution in [1.82, 2.24) is 0 Å². The first-order valence-corrected chi connectivity index (χ1v) is 8.89. The number of nitrogens with one attached hydrogen (secondary N) is 1. The zero-order valence-corrected chi connectivity index (χ0v) is 14.9. The summed E-state index contributed by atoms with van der Waals surface area (Å²) in [6, 6.07) is 8.92. The molecule has 0 saturated carbocycles. The molecule has 0 bridgehead atoms. The molecule has 0 aliphatic carbocycles. The van der Waals surface area contributed by atoms with Gasteiger partial charge in [-0.1, -0.05) is 22.0 Å². The lowest BCUT2D eigenvalue weighted by atomic mass is 10.2. The predicted octanol–water partition coefficient (Wildman–Crippen LogP) is 4.30. The number of hydrogen-bond donors (Lipinski definition) is 1. The van der Waals surface area contributed by atoms with Gasteiger partial charge < -0.3 is 0 Å². The van der Waals surface area contributed by atoms with Gasteiger partial charge >= 0.3 is 0 Å². The van der Waals surface area contributed by atoms with Crippen LogP contribution < -0.4 is 4.72 Å². The molecule has 0 heterocycles. The number of hydrogen-bond acceptors (Lipinski definition) is 2. The Balaban J connectivity index is 2.43. The largest absolute Gasteiger partial charge is 0.279 e. The zero-order chi connectivity index (χ0) is 14.9. The number of aryl methyl sites for hydroxylation is 1. The molecule has 0 fully saturated rings. The van der Waals surface area contributed by atoms with Gasteiger partial charge in [0, 0.05) is 8.04 Å². The molecule has 2 rings (SSSR count).